The van der Waals surface area contributed by atoms with Crippen LogP contribution in [0.3, 0.4) is 0 Å². The zero-order chi connectivity index (χ0) is 15.7. The molecule has 1 N–H and O–H groups in total. The maximum atomic E-state index is 12.4. The molecule has 1 aliphatic rings. The number of nitrogens with one attached hydrogen (secondary N) is 1. The van der Waals surface area contributed by atoms with Crippen LogP contribution < -0.4 is 5.32 Å². The van der Waals surface area contributed by atoms with Gasteiger partial charge in [0.1, 0.15) is 4.90 Å². The summed E-state index contributed by atoms with van der Waals surface area (Å²) in [5.41, 5.74) is 0. The molecule has 1 aromatic rings. The van der Waals surface area contributed by atoms with Gasteiger partial charge in [-0.05, 0) is 13.3 Å². The lowest BCUT2D eigenvalue weighted by atomic mass is 10.3. The number of nitrogens with zero attached hydrogens (tertiary/aromatic N) is 3. The lowest BCUT2D eigenvalue weighted by molar-refractivity contribution is 0.393. The van der Waals surface area contributed by atoms with E-state index in [1.807, 2.05) is 6.92 Å². The molecule has 0 amide bonds. The minimum absolute atomic E-state index is 0.0212. The highest BCUT2D eigenvalue weighted by Crippen LogP contribution is 2.22. The van der Waals surface area contributed by atoms with Gasteiger partial charge >= 0.3 is 0 Å². The fourth-order valence-electron chi connectivity index (χ4n) is 2.12. The Morgan fingerprint density at radius 2 is 2.00 bits per heavy atom. The number of sulfone groups is 1. The van der Waals surface area contributed by atoms with Crippen LogP contribution in [0.15, 0.2) is 17.3 Å². The van der Waals surface area contributed by atoms with Crippen molar-refractivity contribution in [3.05, 3.63) is 12.4 Å². The first kappa shape index (κ1) is 16.1. The summed E-state index contributed by atoms with van der Waals surface area (Å²) in [5, 5.41) is 2.87. The van der Waals surface area contributed by atoms with Crippen LogP contribution in [0.4, 0.5) is 5.95 Å². The highest BCUT2D eigenvalue weighted by Gasteiger charge is 2.36. The second-order valence-corrected chi connectivity index (χ2v) is 9.08. The van der Waals surface area contributed by atoms with Gasteiger partial charge in [0.15, 0.2) is 9.84 Å². The van der Waals surface area contributed by atoms with Crippen molar-refractivity contribution in [1.82, 2.24) is 14.3 Å². The number of rotatable bonds is 5. The van der Waals surface area contributed by atoms with E-state index in [9.17, 15) is 16.8 Å². The standard InChI is InChI=1S/C11H18N4O4S2/c1-3-12-11-13-6-10(7-14-11)21(18,19)15(2)9-4-5-20(16,17)8-9/h6-7,9H,3-5,8H2,1-2H3,(H,12,13,14). The van der Waals surface area contributed by atoms with E-state index in [1.165, 1.54) is 19.4 Å². The number of hydrogen-bond acceptors (Lipinski definition) is 7. The topological polar surface area (TPSA) is 109 Å². The molecule has 0 bridgehead atoms. The van der Waals surface area contributed by atoms with Gasteiger partial charge in [0, 0.05) is 19.6 Å². The van der Waals surface area contributed by atoms with Crippen LogP contribution in [0.2, 0.25) is 0 Å². The zero-order valence-corrected chi connectivity index (χ0v) is 13.5. The van der Waals surface area contributed by atoms with E-state index in [2.05, 4.69) is 15.3 Å². The largest absolute Gasteiger partial charge is 0.355 e. The van der Waals surface area contributed by atoms with Crippen LogP contribution in [-0.4, -0.2) is 62.2 Å². The Hall–Kier alpha value is -1.26. The first-order valence-corrected chi connectivity index (χ1v) is 9.77. The van der Waals surface area contributed by atoms with Crippen molar-refractivity contribution in [1.29, 1.82) is 0 Å². The molecule has 21 heavy (non-hydrogen) atoms. The summed E-state index contributed by atoms with van der Waals surface area (Å²) in [5.74, 6) is 0.231. The molecule has 8 nitrogen and oxygen atoms in total. The maximum absolute atomic E-state index is 12.4. The summed E-state index contributed by atoms with van der Waals surface area (Å²) in [7, 11) is -5.54. The van der Waals surface area contributed by atoms with E-state index in [-0.39, 0.29) is 16.4 Å². The molecule has 1 atom stereocenters. The maximum Gasteiger partial charge on any atom is 0.246 e. The predicted octanol–water partition coefficient (Wildman–Crippen LogP) is -0.284. The lowest BCUT2D eigenvalue weighted by Gasteiger charge is -2.22. The van der Waals surface area contributed by atoms with Crippen LogP contribution in [0, 0.1) is 0 Å². The van der Waals surface area contributed by atoms with Crippen molar-refractivity contribution >= 4 is 25.8 Å². The van der Waals surface area contributed by atoms with Gasteiger partial charge < -0.3 is 5.32 Å². The highest BCUT2D eigenvalue weighted by atomic mass is 32.2. The smallest absolute Gasteiger partial charge is 0.246 e. The Bertz CT molecular complexity index is 700. The fraction of sp³-hybridized carbons (Fsp3) is 0.636. The number of aromatic nitrogens is 2. The van der Waals surface area contributed by atoms with Gasteiger partial charge in [0.2, 0.25) is 16.0 Å². The number of hydrogen-bond donors (Lipinski definition) is 1. The molecule has 1 saturated heterocycles. The van der Waals surface area contributed by atoms with Crippen molar-refractivity contribution in [2.24, 2.45) is 0 Å². The van der Waals surface area contributed by atoms with Gasteiger partial charge in [-0.3, -0.25) is 0 Å². The summed E-state index contributed by atoms with van der Waals surface area (Å²) < 4.78 is 48.9. The quantitative estimate of drug-likeness (QED) is 0.788. The van der Waals surface area contributed by atoms with Crippen LogP contribution in [0.5, 0.6) is 0 Å². The first-order chi connectivity index (χ1) is 9.76. The van der Waals surface area contributed by atoms with Crippen molar-refractivity contribution in [2.75, 3.05) is 30.4 Å². The third kappa shape index (κ3) is 3.50. The third-order valence-corrected chi connectivity index (χ3v) is 6.98. The van der Waals surface area contributed by atoms with Crippen molar-refractivity contribution < 1.29 is 16.8 Å². The summed E-state index contributed by atoms with van der Waals surface area (Å²) in [4.78, 5) is 7.81. The van der Waals surface area contributed by atoms with Gasteiger partial charge in [-0.15, -0.1) is 0 Å². The van der Waals surface area contributed by atoms with Gasteiger partial charge in [0.05, 0.1) is 23.9 Å². The first-order valence-electron chi connectivity index (χ1n) is 6.50. The van der Waals surface area contributed by atoms with Gasteiger partial charge in [-0.2, -0.15) is 4.31 Å². The van der Waals surface area contributed by atoms with Crippen molar-refractivity contribution in [2.45, 2.75) is 24.3 Å². The molecule has 1 fully saturated rings. The normalized spacial score (nSPS) is 21.6. The molecule has 0 aromatic carbocycles. The lowest BCUT2D eigenvalue weighted by Crippen LogP contribution is -2.37. The molecular formula is C11H18N4O4S2. The minimum atomic E-state index is -3.79. The van der Waals surface area contributed by atoms with Gasteiger partial charge in [-0.25, -0.2) is 26.8 Å². The van der Waals surface area contributed by atoms with Gasteiger partial charge in [0.25, 0.3) is 0 Å². The van der Waals surface area contributed by atoms with Crippen molar-refractivity contribution in [3.63, 3.8) is 0 Å². The Balaban J connectivity index is 2.21. The van der Waals surface area contributed by atoms with E-state index in [1.54, 1.807) is 0 Å². The zero-order valence-electron chi connectivity index (χ0n) is 11.9. The Labute approximate surface area is 124 Å². The van der Waals surface area contributed by atoms with E-state index >= 15 is 0 Å². The molecule has 1 aliphatic heterocycles. The predicted molar refractivity (Wildman–Crippen MR) is 78.2 cm³/mol. The van der Waals surface area contributed by atoms with E-state index in [4.69, 9.17) is 0 Å². The fourth-order valence-corrected chi connectivity index (χ4v) is 5.27. The van der Waals surface area contributed by atoms with Crippen molar-refractivity contribution in [3.8, 4) is 0 Å². The summed E-state index contributed by atoms with van der Waals surface area (Å²) in [6.45, 7) is 2.51. The molecule has 10 heteroatoms. The van der Waals surface area contributed by atoms with Gasteiger partial charge in [-0.1, -0.05) is 0 Å². The number of sulfonamides is 1. The van der Waals surface area contributed by atoms with E-state index in [0.717, 1.165) is 4.31 Å². The second-order valence-electron chi connectivity index (χ2n) is 4.85. The Kier molecular flexibility index (Phi) is 4.49. The van der Waals surface area contributed by atoms with Crippen LogP contribution >= 0.6 is 0 Å². The van der Waals surface area contributed by atoms with Crippen LogP contribution in [0.25, 0.3) is 0 Å². The summed E-state index contributed by atoms with van der Waals surface area (Å²) in [6.07, 6.45) is 2.76. The van der Waals surface area contributed by atoms with Crippen LogP contribution in [0.1, 0.15) is 13.3 Å². The molecule has 1 unspecified atom stereocenters. The Morgan fingerprint density at radius 3 is 2.48 bits per heavy atom. The Morgan fingerprint density at radius 1 is 1.38 bits per heavy atom. The highest BCUT2D eigenvalue weighted by molar-refractivity contribution is 7.92. The second kappa shape index (κ2) is 5.85. The summed E-state index contributed by atoms with van der Waals surface area (Å²) in [6, 6.07) is -0.534. The average Bonchev–Trinajstić information content (AvgIpc) is 2.79. The molecule has 2 heterocycles. The monoisotopic (exact) mass is 334 g/mol. The molecular weight excluding hydrogens is 316 g/mol. The summed E-state index contributed by atoms with van der Waals surface area (Å²) >= 11 is 0. The molecule has 1 aromatic heterocycles. The molecule has 118 valence electrons. The third-order valence-electron chi connectivity index (χ3n) is 3.36. The minimum Gasteiger partial charge on any atom is -0.355 e. The molecule has 0 radical (unpaired) electrons. The molecule has 0 spiro atoms. The average molecular weight is 334 g/mol. The SMILES string of the molecule is CCNc1ncc(S(=O)(=O)N(C)C2CCS(=O)(=O)C2)cn1. The van der Waals surface area contributed by atoms with E-state index in [0.29, 0.717) is 18.9 Å². The number of anilines is 1. The van der Waals surface area contributed by atoms with Crippen LogP contribution in [-0.2, 0) is 19.9 Å². The molecule has 0 aliphatic carbocycles. The molecule has 0 saturated carbocycles. The van der Waals surface area contributed by atoms with E-state index < -0.39 is 25.9 Å². The molecule has 2 rings (SSSR count).